The molecule has 0 spiro atoms. The van der Waals surface area contributed by atoms with Crippen LogP contribution in [0.2, 0.25) is 0 Å². The SMILES string of the molecule is CC(CN)c1nc2cnccc2n1C1CC1. The number of pyridine rings is 1. The highest BCUT2D eigenvalue weighted by molar-refractivity contribution is 5.75. The van der Waals surface area contributed by atoms with Gasteiger partial charge in [0.2, 0.25) is 0 Å². The largest absolute Gasteiger partial charge is 0.330 e. The highest BCUT2D eigenvalue weighted by Crippen LogP contribution is 2.39. The van der Waals surface area contributed by atoms with Crippen molar-refractivity contribution in [3.63, 3.8) is 0 Å². The van der Waals surface area contributed by atoms with Gasteiger partial charge in [-0.2, -0.15) is 0 Å². The molecule has 0 aromatic carbocycles. The van der Waals surface area contributed by atoms with Crippen LogP contribution < -0.4 is 5.73 Å². The van der Waals surface area contributed by atoms with Gasteiger partial charge < -0.3 is 10.3 Å². The van der Waals surface area contributed by atoms with Gasteiger partial charge in [-0.3, -0.25) is 4.98 Å². The summed E-state index contributed by atoms with van der Waals surface area (Å²) in [6, 6.07) is 2.68. The van der Waals surface area contributed by atoms with E-state index in [1.807, 2.05) is 18.5 Å². The molecule has 2 heterocycles. The molecule has 1 aliphatic rings. The second-order valence-corrected chi connectivity index (χ2v) is 4.57. The normalized spacial score (nSPS) is 17.9. The summed E-state index contributed by atoms with van der Waals surface area (Å²) >= 11 is 0. The lowest BCUT2D eigenvalue weighted by Crippen LogP contribution is -2.14. The number of imidazole rings is 1. The summed E-state index contributed by atoms with van der Waals surface area (Å²) in [5.74, 6) is 1.43. The fraction of sp³-hybridized carbons (Fsp3) is 0.500. The topological polar surface area (TPSA) is 56.7 Å². The van der Waals surface area contributed by atoms with Crippen molar-refractivity contribution in [1.82, 2.24) is 14.5 Å². The third-order valence-electron chi connectivity index (χ3n) is 3.23. The predicted molar refractivity (Wildman–Crippen MR) is 63.3 cm³/mol. The van der Waals surface area contributed by atoms with Crippen molar-refractivity contribution < 1.29 is 0 Å². The average molecular weight is 216 g/mol. The van der Waals surface area contributed by atoms with Gasteiger partial charge in [0.1, 0.15) is 11.3 Å². The van der Waals surface area contributed by atoms with Gasteiger partial charge in [-0.1, -0.05) is 6.92 Å². The first-order valence-corrected chi connectivity index (χ1v) is 5.83. The minimum Gasteiger partial charge on any atom is -0.330 e. The molecule has 0 bridgehead atoms. The van der Waals surface area contributed by atoms with Crippen LogP contribution in [-0.2, 0) is 0 Å². The van der Waals surface area contributed by atoms with Crippen molar-refractivity contribution in [2.75, 3.05) is 6.54 Å². The number of nitrogens with two attached hydrogens (primary N) is 1. The van der Waals surface area contributed by atoms with Crippen LogP contribution in [0.5, 0.6) is 0 Å². The number of aromatic nitrogens is 3. The van der Waals surface area contributed by atoms with Crippen LogP contribution in [0.25, 0.3) is 11.0 Å². The van der Waals surface area contributed by atoms with Crippen LogP contribution in [0.4, 0.5) is 0 Å². The fourth-order valence-corrected chi connectivity index (χ4v) is 2.14. The Morgan fingerprint density at radius 3 is 3.06 bits per heavy atom. The molecule has 0 radical (unpaired) electrons. The number of rotatable bonds is 3. The smallest absolute Gasteiger partial charge is 0.114 e. The highest BCUT2D eigenvalue weighted by Gasteiger charge is 2.29. The molecule has 1 aliphatic carbocycles. The molecule has 2 aromatic heterocycles. The molecule has 2 aromatic rings. The van der Waals surface area contributed by atoms with Gasteiger partial charge in [-0.25, -0.2) is 4.98 Å². The van der Waals surface area contributed by atoms with Crippen molar-refractivity contribution in [3.05, 3.63) is 24.3 Å². The number of hydrogen-bond donors (Lipinski definition) is 1. The predicted octanol–water partition coefficient (Wildman–Crippen LogP) is 1.83. The van der Waals surface area contributed by atoms with E-state index in [1.54, 1.807) is 0 Å². The fourth-order valence-electron chi connectivity index (χ4n) is 2.14. The summed E-state index contributed by atoms with van der Waals surface area (Å²) < 4.78 is 2.36. The Bertz CT molecular complexity index is 513. The Hall–Kier alpha value is -1.42. The molecule has 4 heteroatoms. The monoisotopic (exact) mass is 216 g/mol. The minimum atomic E-state index is 0.313. The molecule has 84 valence electrons. The molecule has 0 aliphatic heterocycles. The standard InChI is InChI=1S/C12H16N4/c1-8(6-13)12-15-10-7-14-5-4-11(10)16(12)9-2-3-9/h4-5,7-9H,2-3,6,13H2,1H3. The third kappa shape index (κ3) is 1.41. The molecule has 1 unspecified atom stereocenters. The summed E-state index contributed by atoms with van der Waals surface area (Å²) in [5.41, 5.74) is 7.94. The molecule has 1 saturated carbocycles. The first-order valence-electron chi connectivity index (χ1n) is 5.83. The van der Waals surface area contributed by atoms with E-state index in [0.29, 0.717) is 18.5 Å². The molecule has 0 amide bonds. The van der Waals surface area contributed by atoms with E-state index < -0.39 is 0 Å². The molecular weight excluding hydrogens is 200 g/mol. The molecule has 4 nitrogen and oxygen atoms in total. The summed E-state index contributed by atoms with van der Waals surface area (Å²) in [7, 11) is 0. The van der Waals surface area contributed by atoms with Crippen molar-refractivity contribution in [1.29, 1.82) is 0 Å². The van der Waals surface area contributed by atoms with Crippen LogP contribution in [0.3, 0.4) is 0 Å². The summed E-state index contributed by atoms with van der Waals surface area (Å²) in [4.78, 5) is 8.79. The maximum Gasteiger partial charge on any atom is 0.114 e. The molecule has 1 atom stereocenters. The van der Waals surface area contributed by atoms with Crippen molar-refractivity contribution in [3.8, 4) is 0 Å². The third-order valence-corrected chi connectivity index (χ3v) is 3.23. The van der Waals surface area contributed by atoms with E-state index >= 15 is 0 Å². The second kappa shape index (κ2) is 3.56. The van der Waals surface area contributed by atoms with Gasteiger partial charge in [-0.05, 0) is 18.9 Å². The van der Waals surface area contributed by atoms with Crippen LogP contribution >= 0.6 is 0 Å². The van der Waals surface area contributed by atoms with Crippen LogP contribution in [-0.4, -0.2) is 21.1 Å². The average Bonchev–Trinajstić information content (AvgIpc) is 3.08. The summed E-state index contributed by atoms with van der Waals surface area (Å²) in [6.07, 6.45) is 6.19. The molecule has 0 saturated heterocycles. The Morgan fingerprint density at radius 1 is 1.56 bits per heavy atom. The first kappa shape index (κ1) is 9.78. The molecular formula is C12H16N4. The van der Waals surface area contributed by atoms with Gasteiger partial charge in [-0.15, -0.1) is 0 Å². The van der Waals surface area contributed by atoms with Gasteiger partial charge in [0.15, 0.2) is 0 Å². The maximum atomic E-state index is 5.75. The summed E-state index contributed by atoms with van der Waals surface area (Å²) in [5, 5.41) is 0. The zero-order valence-electron chi connectivity index (χ0n) is 9.43. The van der Waals surface area contributed by atoms with E-state index in [4.69, 9.17) is 5.73 Å². The maximum absolute atomic E-state index is 5.75. The zero-order valence-corrected chi connectivity index (χ0v) is 9.43. The van der Waals surface area contributed by atoms with E-state index in [1.165, 1.54) is 18.4 Å². The van der Waals surface area contributed by atoms with Crippen molar-refractivity contribution in [2.45, 2.75) is 31.7 Å². The van der Waals surface area contributed by atoms with Crippen molar-refractivity contribution in [2.24, 2.45) is 5.73 Å². The molecule has 3 rings (SSSR count). The van der Waals surface area contributed by atoms with Gasteiger partial charge in [0, 0.05) is 24.7 Å². The van der Waals surface area contributed by atoms with Gasteiger partial charge in [0.05, 0.1) is 11.7 Å². The van der Waals surface area contributed by atoms with Gasteiger partial charge in [0.25, 0.3) is 0 Å². The number of hydrogen-bond acceptors (Lipinski definition) is 3. The Kier molecular flexibility index (Phi) is 2.17. The Morgan fingerprint density at radius 2 is 2.38 bits per heavy atom. The van der Waals surface area contributed by atoms with Crippen LogP contribution in [0.1, 0.15) is 37.5 Å². The lowest BCUT2D eigenvalue weighted by atomic mass is 10.1. The Labute approximate surface area is 94.5 Å². The summed E-state index contributed by atoms with van der Waals surface area (Å²) in [6.45, 7) is 2.77. The first-order chi connectivity index (χ1) is 7.81. The quantitative estimate of drug-likeness (QED) is 0.851. The van der Waals surface area contributed by atoms with Crippen LogP contribution in [0, 0.1) is 0 Å². The number of nitrogens with zero attached hydrogens (tertiary/aromatic N) is 3. The lowest BCUT2D eigenvalue weighted by Gasteiger charge is -2.11. The highest BCUT2D eigenvalue weighted by atomic mass is 15.1. The number of fused-ring (bicyclic) bond motifs is 1. The molecule has 16 heavy (non-hydrogen) atoms. The van der Waals surface area contributed by atoms with E-state index in [0.717, 1.165) is 11.3 Å². The van der Waals surface area contributed by atoms with E-state index in [-0.39, 0.29) is 0 Å². The van der Waals surface area contributed by atoms with Crippen molar-refractivity contribution >= 4 is 11.0 Å². The molecule has 2 N–H and O–H groups in total. The lowest BCUT2D eigenvalue weighted by molar-refractivity contribution is 0.629. The zero-order chi connectivity index (χ0) is 11.1. The second-order valence-electron chi connectivity index (χ2n) is 4.57. The minimum absolute atomic E-state index is 0.313. The van der Waals surface area contributed by atoms with E-state index in [9.17, 15) is 0 Å². The Balaban J connectivity index is 2.22. The molecule has 1 fully saturated rings. The van der Waals surface area contributed by atoms with Crippen LogP contribution in [0.15, 0.2) is 18.5 Å². The van der Waals surface area contributed by atoms with Gasteiger partial charge >= 0.3 is 0 Å². The van der Waals surface area contributed by atoms with E-state index in [2.05, 4.69) is 21.5 Å².